The zero-order valence-corrected chi connectivity index (χ0v) is 32.6. The molecule has 0 aliphatic rings. The molecule has 1 unspecified atom stereocenters. The van der Waals surface area contributed by atoms with Crippen LogP contribution >= 0.6 is 0 Å². The predicted molar refractivity (Wildman–Crippen MR) is 196 cm³/mol. The number of esters is 1. The molecular formula is C38H60N4O8. The molecule has 3 atom stereocenters. The van der Waals surface area contributed by atoms with E-state index in [1.54, 1.807) is 85.9 Å². The highest BCUT2D eigenvalue weighted by Gasteiger charge is 2.46. The molecule has 1 aromatic carbocycles. The fraction of sp³-hybridized carbons (Fsp3) is 0.605. The maximum atomic E-state index is 14.6. The second-order valence-corrected chi connectivity index (χ2v) is 15.4. The highest BCUT2D eigenvalue weighted by molar-refractivity contribution is 5.93. The molecule has 0 aliphatic heterocycles. The number of ether oxygens (including phenoxy) is 3. The van der Waals surface area contributed by atoms with Gasteiger partial charge in [-0.2, -0.15) is 0 Å². The molecule has 0 radical (unpaired) electrons. The zero-order valence-electron chi connectivity index (χ0n) is 32.6. The molecule has 12 heteroatoms. The predicted octanol–water partition coefficient (Wildman–Crippen LogP) is 6.46. The van der Waals surface area contributed by atoms with Gasteiger partial charge in [0.15, 0.2) is 0 Å². The lowest BCUT2D eigenvalue weighted by Crippen LogP contribution is -2.63. The third-order valence-electron chi connectivity index (χ3n) is 8.08. The van der Waals surface area contributed by atoms with Crippen LogP contribution in [0, 0.1) is 11.3 Å². The number of hydrogen-bond donors (Lipinski definition) is 2. The van der Waals surface area contributed by atoms with Gasteiger partial charge in [0.2, 0.25) is 11.8 Å². The van der Waals surface area contributed by atoms with E-state index in [1.165, 1.54) is 22.9 Å². The molecule has 0 spiro atoms. The molecule has 1 rings (SSSR count). The average molecular weight is 701 g/mol. The Balaban J connectivity index is 3.71. The number of nitrogens with zero attached hydrogens (tertiary/aromatic N) is 2. The topological polar surface area (TPSA) is 144 Å². The molecule has 0 aliphatic carbocycles. The lowest BCUT2D eigenvalue weighted by molar-refractivity contribution is -0.142. The van der Waals surface area contributed by atoms with Crippen molar-refractivity contribution in [2.24, 2.45) is 11.3 Å². The van der Waals surface area contributed by atoms with Crippen LogP contribution in [0.5, 0.6) is 0 Å². The molecule has 4 amide bonds. The van der Waals surface area contributed by atoms with Gasteiger partial charge in [-0.25, -0.2) is 14.4 Å². The molecule has 0 bridgehead atoms. The van der Waals surface area contributed by atoms with Crippen molar-refractivity contribution in [2.75, 3.05) is 32.6 Å². The van der Waals surface area contributed by atoms with Gasteiger partial charge in [-0.15, -0.1) is 0 Å². The van der Waals surface area contributed by atoms with Crippen molar-refractivity contribution in [3.05, 3.63) is 54.1 Å². The highest BCUT2D eigenvalue weighted by Crippen LogP contribution is 2.34. The number of carbonyl (C=O) groups is 5. The number of carbonyl (C=O) groups excluding carboxylic acids is 5. The quantitative estimate of drug-likeness (QED) is 0.0975. The van der Waals surface area contributed by atoms with E-state index in [9.17, 15) is 24.0 Å². The number of nitrogens with one attached hydrogen (secondary N) is 2. The van der Waals surface area contributed by atoms with Crippen molar-refractivity contribution >= 4 is 35.7 Å². The maximum absolute atomic E-state index is 14.6. The third-order valence-corrected chi connectivity index (χ3v) is 8.08. The largest absolute Gasteiger partial charge is 0.463 e. The van der Waals surface area contributed by atoms with Crippen molar-refractivity contribution in [2.45, 2.75) is 112 Å². The van der Waals surface area contributed by atoms with Crippen LogP contribution in [0.25, 0.3) is 0 Å². The minimum atomic E-state index is -1.19. The normalized spacial score (nSPS) is 14.1. The maximum Gasteiger partial charge on any atom is 0.411 e. The Labute approximate surface area is 298 Å². The van der Waals surface area contributed by atoms with Crippen LogP contribution in [-0.4, -0.2) is 90.8 Å². The summed E-state index contributed by atoms with van der Waals surface area (Å²) in [6.45, 7) is 25.3. The lowest BCUT2D eigenvalue weighted by atomic mass is 9.76. The lowest BCUT2D eigenvalue weighted by Gasteiger charge is -2.42. The Bertz CT molecular complexity index is 1400. The SMILES string of the molecule is C=CCOC(=O)Nc1cccc(C(C)(C)C(C(=O)N[C@H](C(=O)N(C)[C@H](/C=C(\C)C(=O)OCC)C(C)C)C(C)(C)C)N(C)C(=O)OC(C)(C)C)c1. The molecule has 280 valence electrons. The Morgan fingerprint density at radius 2 is 1.54 bits per heavy atom. The first-order chi connectivity index (χ1) is 22.9. The molecule has 1 aromatic rings. The number of anilines is 1. The monoisotopic (exact) mass is 700 g/mol. The Morgan fingerprint density at radius 1 is 0.940 bits per heavy atom. The minimum absolute atomic E-state index is 0.0298. The third kappa shape index (κ3) is 12.5. The zero-order chi connectivity index (χ0) is 38.8. The van der Waals surface area contributed by atoms with Gasteiger partial charge in [0.05, 0.1) is 12.6 Å². The van der Waals surface area contributed by atoms with Crippen molar-refractivity contribution in [1.29, 1.82) is 0 Å². The molecule has 12 nitrogen and oxygen atoms in total. The van der Waals surface area contributed by atoms with E-state index in [4.69, 9.17) is 14.2 Å². The van der Waals surface area contributed by atoms with E-state index in [1.807, 2.05) is 34.6 Å². The number of likely N-dealkylation sites (N-methyl/N-ethyl adjacent to an activating group) is 2. The molecule has 2 N–H and O–H groups in total. The first-order valence-electron chi connectivity index (χ1n) is 16.9. The van der Waals surface area contributed by atoms with Gasteiger partial charge < -0.3 is 24.4 Å². The Hall–Kier alpha value is -4.35. The fourth-order valence-electron chi connectivity index (χ4n) is 5.41. The summed E-state index contributed by atoms with van der Waals surface area (Å²) in [6, 6.07) is 4.18. The van der Waals surface area contributed by atoms with Gasteiger partial charge in [-0.1, -0.05) is 79.3 Å². The van der Waals surface area contributed by atoms with Crippen molar-refractivity contribution < 1.29 is 38.2 Å². The van der Waals surface area contributed by atoms with Gasteiger partial charge >= 0.3 is 18.2 Å². The summed E-state index contributed by atoms with van der Waals surface area (Å²) in [5, 5.41) is 5.65. The van der Waals surface area contributed by atoms with E-state index >= 15 is 0 Å². The van der Waals surface area contributed by atoms with Crippen molar-refractivity contribution in [3.63, 3.8) is 0 Å². The van der Waals surface area contributed by atoms with Crippen LogP contribution in [0.4, 0.5) is 15.3 Å². The molecule has 0 saturated carbocycles. The molecular weight excluding hydrogens is 640 g/mol. The van der Waals surface area contributed by atoms with Crippen molar-refractivity contribution in [3.8, 4) is 0 Å². The standard InChI is InChI=1S/C38H60N4O8/c1-16-21-49-34(46)39-27-20-18-19-26(23-27)38(12,13)30(42(15)35(47)50-37(9,10)11)31(43)40-29(36(6,7)8)32(44)41(14)28(24(3)4)22-25(5)33(45)48-17-2/h16,18-20,22-24,28-30H,1,17,21H2,2-15H3,(H,39,46)(H,40,43)/b25-22+/t28-,29-,30?/m1/s1. The van der Waals surface area contributed by atoms with Gasteiger partial charge in [-0.3, -0.25) is 19.8 Å². The summed E-state index contributed by atoms with van der Waals surface area (Å²) in [4.78, 5) is 69.8. The van der Waals surface area contributed by atoms with E-state index in [0.29, 0.717) is 16.8 Å². The smallest absolute Gasteiger partial charge is 0.411 e. The van der Waals surface area contributed by atoms with Gasteiger partial charge in [0.25, 0.3) is 0 Å². The van der Waals surface area contributed by atoms with Crippen molar-refractivity contribution in [1.82, 2.24) is 15.1 Å². The van der Waals surface area contributed by atoms with Gasteiger partial charge in [-0.05, 0) is 63.6 Å². The first-order valence-corrected chi connectivity index (χ1v) is 16.9. The van der Waals surface area contributed by atoms with Gasteiger partial charge in [0, 0.05) is 30.8 Å². The second-order valence-electron chi connectivity index (χ2n) is 15.4. The number of hydrogen-bond acceptors (Lipinski definition) is 8. The van der Waals surface area contributed by atoms with Crippen LogP contribution in [0.2, 0.25) is 0 Å². The number of rotatable bonds is 14. The van der Waals surface area contributed by atoms with Crippen LogP contribution in [0.1, 0.15) is 88.6 Å². The first kappa shape index (κ1) is 43.7. The molecule has 0 fully saturated rings. The highest BCUT2D eigenvalue weighted by atomic mass is 16.6. The Morgan fingerprint density at radius 3 is 2.04 bits per heavy atom. The second kappa shape index (κ2) is 18.1. The molecule has 0 aromatic heterocycles. The average Bonchev–Trinajstić information content (AvgIpc) is 2.99. The summed E-state index contributed by atoms with van der Waals surface area (Å²) in [5.74, 6) is -1.52. The summed E-state index contributed by atoms with van der Waals surface area (Å²) < 4.78 is 15.9. The molecule has 0 heterocycles. The van der Waals surface area contributed by atoms with E-state index in [0.717, 1.165) is 0 Å². The Kier molecular flexibility index (Phi) is 15.8. The summed E-state index contributed by atoms with van der Waals surface area (Å²) in [6.07, 6.45) is 1.75. The minimum Gasteiger partial charge on any atom is -0.463 e. The fourth-order valence-corrected chi connectivity index (χ4v) is 5.41. The number of amides is 4. The van der Waals surface area contributed by atoms with Gasteiger partial charge in [0.1, 0.15) is 24.3 Å². The van der Waals surface area contributed by atoms with Crippen LogP contribution in [-0.2, 0) is 34.0 Å². The van der Waals surface area contributed by atoms with Crippen LogP contribution < -0.4 is 10.6 Å². The number of benzene rings is 1. The van der Waals surface area contributed by atoms with E-state index in [2.05, 4.69) is 17.2 Å². The van der Waals surface area contributed by atoms with Crippen LogP contribution in [0.3, 0.4) is 0 Å². The summed E-state index contributed by atoms with van der Waals surface area (Å²) >= 11 is 0. The van der Waals surface area contributed by atoms with E-state index in [-0.39, 0.29) is 25.0 Å². The molecule has 50 heavy (non-hydrogen) atoms. The summed E-state index contributed by atoms with van der Waals surface area (Å²) in [7, 11) is 3.12. The molecule has 0 saturated heterocycles. The summed E-state index contributed by atoms with van der Waals surface area (Å²) in [5.41, 5.74) is -1.30. The van der Waals surface area contributed by atoms with Crippen LogP contribution in [0.15, 0.2) is 48.6 Å². The van der Waals surface area contributed by atoms with E-state index < -0.39 is 58.6 Å².